The van der Waals surface area contributed by atoms with Gasteiger partial charge >= 0.3 is 5.97 Å². The fourth-order valence-corrected chi connectivity index (χ4v) is 4.38. The molecule has 0 spiro atoms. The average molecular weight is 517 g/mol. The van der Waals surface area contributed by atoms with E-state index in [1.54, 1.807) is 42.5 Å². The molecule has 0 atom stereocenters. The van der Waals surface area contributed by atoms with Crippen LogP contribution in [0.5, 0.6) is 17.2 Å². The molecule has 8 heteroatoms. The lowest BCUT2D eigenvalue weighted by molar-refractivity contribution is -0.143. The van der Waals surface area contributed by atoms with Crippen LogP contribution in [0.4, 0.5) is 0 Å². The first-order valence-electron chi connectivity index (χ1n) is 12.8. The number of benzene rings is 3. The van der Waals surface area contributed by atoms with Crippen LogP contribution < -0.4 is 20.1 Å². The Morgan fingerprint density at radius 1 is 0.789 bits per heavy atom. The first kappa shape index (κ1) is 26.7. The van der Waals surface area contributed by atoms with Crippen LogP contribution in [0.3, 0.4) is 0 Å². The molecular weight excluding hydrogens is 484 g/mol. The van der Waals surface area contributed by atoms with Crippen LogP contribution >= 0.6 is 0 Å². The van der Waals surface area contributed by atoms with Gasteiger partial charge in [0.2, 0.25) is 0 Å². The summed E-state index contributed by atoms with van der Waals surface area (Å²) < 4.78 is 11.8. The Kier molecular flexibility index (Phi) is 8.98. The van der Waals surface area contributed by atoms with E-state index in [0.717, 1.165) is 11.3 Å². The highest BCUT2D eigenvalue weighted by atomic mass is 16.5. The minimum absolute atomic E-state index is 0.00901. The van der Waals surface area contributed by atoms with Crippen molar-refractivity contribution in [2.24, 2.45) is 5.92 Å². The maximum atomic E-state index is 12.5. The molecule has 3 aromatic carbocycles. The topological polar surface area (TPSA) is 114 Å². The highest BCUT2D eigenvalue weighted by Gasteiger charge is 2.26. The molecule has 4 rings (SSSR count). The number of aliphatic carboxylic acids is 1. The smallest absolute Gasteiger partial charge is 0.306 e. The molecule has 0 heterocycles. The second-order valence-electron chi connectivity index (χ2n) is 9.36. The number of hydrogen-bond donors (Lipinski definition) is 3. The molecule has 0 aliphatic heterocycles. The van der Waals surface area contributed by atoms with Crippen LogP contribution in [0.1, 0.15) is 52.0 Å². The van der Waals surface area contributed by atoms with Gasteiger partial charge in [0, 0.05) is 24.2 Å². The molecule has 1 saturated carbocycles. The molecule has 0 radical (unpaired) electrons. The van der Waals surface area contributed by atoms with Crippen molar-refractivity contribution >= 4 is 17.8 Å². The van der Waals surface area contributed by atoms with Gasteiger partial charge in [0.15, 0.2) is 0 Å². The number of rotatable bonds is 10. The van der Waals surface area contributed by atoms with Gasteiger partial charge in [-0.3, -0.25) is 14.4 Å². The minimum atomic E-state index is -0.739. The van der Waals surface area contributed by atoms with Gasteiger partial charge in [-0.05, 0) is 92.8 Å². The molecule has 1 fully saturated rings. The number of carbonyl (C=O) groups excluding carboxylic acids is 2. The molecule has 1 aliphatic carbocycles. The summed E-state index contributed by atoms with van der Waals surface area (Å²) in [5, 5.41) is 14.7. The summed E-state index contributed by atoms with van der Waals surface area (Å²) in [7, 11) is 0. The molecule has 0 saturated heterocycles. The third kappa shape index (κ3) is 7.35. The Balaban J connectivity index is 1.18. The molecular formula is C30H32N2O6. The molecule has 0 unspecified atom stereocenters. The number of amides is 2. The fourth-order valence-electron chi connectivity index (χ4n) is 4.38. The van der Waals surface area contributed by atoms with Crippen LogP contribution in [0.15, 0.2) is 72.8 Å². The summed E-state index contributed by atoms with van der Waals surface area (Å²) in [5.74, 6) is 0.570. The molecule has 0 aromatic heterocycles. The van der Waals surface area contributed by atoms with Crippen LogP contribution in [0.2, 0.25) is 0 Å². The third-order valence-corrected chi connectivity index (χ3v) is 6.55. The van der Waals surface area contributed by atoms with Crippen LogP contribution in [0.25, 0.3) is 0 Å². The van der Waals surface area contributed by atoms with Crippen molar-refractivity contribution in [3.63, 3.8) is 0 Å². The third-order valence-electron chi connectivity index (χ3n) is 6.55. The zero-order chi connectivity index (χ0) is 26.9. The van der Waals surface area contributed by atoms with E-state index >= 15 is 0 Å². The van der Waals surface area contributed by atoms with Crippen molar-refractivity contribution in [1.82, 2.24) is 10.6 Å². The molecule has 198 valence electrons. The largest absolute Gasteiger partial charge is 0.490 e. The van der Waals surface area contributed by atoms with Gasteiger partial charge in [0.1, 0.15) is 17.2 Å². The Bertz CT molecular complexity index is 1250. The normalized spacial score (nSPS) is 16.8. The second-order valence-corrected chi connectivity index (χ2v) is 9.36. The van der Waals surface area contributed by atoms with Crippen molar-refractivity contribution in [2.45, 2.75) is 38.7 Å². The number of carboxylic acids is 1. The monoisotopic (exact) mass is 516 g/mol. The summed E-state index contributed by atoms with van der Waals surface area (Å²) in [6, 6.07) is 21.6. The summed E-state index contributed by atoms with van der Waals surface area (Å²) in [6.07, 6.45) is 2.63. The van der Waals surface area contributed by atoms with E-state index in [2.05, 4.69) is 10.6 Å². The van der Waals surface area contributed by atoms with Crippen molar-refractivity contribution in [3.8, 4) is 17.2 Å². The van der Waals surface area contributed by atoms with Crippen LogP contribution in [0, 0.1) is 12.8 Å². The molecule has 0 bridgehead atoms. The van der Waals surface area contributed by atoms with Gasteiger partial charge in [-0.1, -0.05) is 18.2 Å². The Hall–Kier alpha value is -4.33. The molecule has 2 amide bonds. The van der Waals surface area contributed by atoms with E-state index in [4.69, 9.17) is 14.6 Å². The van der Waals surface area contributed by atoms with Gasteiger partial charge in [-0.25, -0.2) is 0 Å². The molecule has 3 N–H and O–H groups in total. The summed E-state index contributed by atoms with van der Waals surface area (Å²) in [5.41, 5.74) is 1.85. The number of nitrogens with one attached hydrogen (secondary N) is 2. The molecule has 3 aromatic rings. The second kappa shape index (κ2) is 12.8. The lowest BCUT2D eigenvalue weighted by Crippen LogP contribution is -2.34. The lowest BCUT2D eigenvalue weighted by Gasteiger charge is -2.26. The first-order valence-corrected chi connectivity index (χ1v) is 12.8. The van der Waals surface area contributed by atoms with E-state index < -0.39 is 5.97 Å². The van der Waals surface area contributed by atoms with Gasteiger partial charge in [-0.2, -0.15) is 0 Å². The maximum absolute atomic E-state index is 12.5. The highest BCUT2D eigenvalue weighted by Crippen LogP contribution is 2.28. The Morgan fingerprint density at radius 3 is 2.00 bits per heavy atom. The molecule has 1 aliphatic rings. The predicted molar refractivity (Wildman–Crippen MR) is 143 cm³/mol. The molecule has 8 nitrogen and oxygen atoms in total. The van der Waals surface area contributed by atoms with Crippen LogP contribution in [-0.2, 0) is 4.79 Å². The van der Waals surface area contributed by atoms with E-state index in [1.807, 2.05) is 37.3 Å². The van der Waals surface area contributed by atoms with Gasteiger partial charge in [0.05, 0.1) is 12.0 Å². The number of hydrogen-bond acceptors (Lipinski definition) is 5. The predicted octanol–water partition coefficient (Wildman–Crippen LogP) is 4.97. The maximum Gasteiger partial charge on any atom is 0.306 e. The van der Waals surface area contributed by atoms with Crippen LogP contribution in [-0.4, -0.2) is 42.1 Å². The number of aryl methyl sites for hydroxylation is 1. The van der Waals surface area contributed by atoms with Crippen molar-refractivity contribution in [3.05, 3.63) is 89.5 Å². The zero-order valence-corrected chi connectivity index (χ0v) is 21.3. The number of carbonyl (C=O) groups is 3. The highest BCUT2D eigenvalue weighted by molar-refractivity contribution is 5.95. The van der Waals surface area contributed by atoms with E-state index in [9.17, 15) is 14.4 Å². The lowest BCUT2D eigenvalue weighted by atomic mass is 9.87. The summed E-state index contributed by atoms with van der Waals surface area (Å²) >= 11 is 0. The fraction of sp³-hybridized carbons (Fsp3) is 0.300. The minimum Gasteiger partial charge on any atom is -0.490 e. The first-order chi connectivity index (χ1) is 18.4. The molecule has 38 heavy (non-hydrogen) atoms. The van der Waals surface area contributed by atoms with Crippen molar-refractivity contribution < 1.29 is 29.0 Å². The summed E-state index contributed by atoms with van der Waals surface area (Å²) in [4.78, 5) is 36.1. The number of ether oxygens (including phenoxy) is 2. The summed E-state index contributed by atoms with van der Waals surface area (Å²) in [6.45, 7) is 2.45. The quantitative estimate of drug-likeness (QED) is 0.328. The average Bonchev–Trinajstić information content (AvgIpc) is 2.93. The van der Waals surface area contributed by atoms with Gasteiger partial charge in [-0.15, -0.1) is 0 Å². The van der Waals surface area contributed by atoms with E-state index in [1.165, 1.54) is 0 Å². The van der Waals surface area contributed by atoms with Crippen molar-refractivity contribution in [1.29, 1.82) is 0 Å². The number of carboxylic acid groups (broad SMARTS) is 1. The Morgan fingerprint density at radius 2 is 1.39 bits per heavy atom. The SMILES string of the molecule is Cc1cc(C(=O)NCCNC(=O)c2ccc(O[C@H]3CC[C@@H](C(=O)O)CC3)cc2)ccc1Oc1ccccc1. The van der Waals surface area contributed by atoms with Gasteiger partial charge < -0.3 is 25.2 Å². The van der Waals surface area contributed by atoms with Crippen molar-refractivity contribution in [2.75, 3.05) is 13.1 Å². The number of para-hydroxylation sites is 1. The standard InChI is InChI=1S/C30H32N2O6/c1-20-19-23(11-16-27(20)38-24-5-3-2-4-6-24)29(34)32-18-17-31-28(33)21-7-12-25(13-8-21)37-26-14-9-22(10-15-26)30(35)36/h2-8,11-13,16,19,22,26H,9-10,14-15,17-18H2,1H3,(H,31,33)(H,32,34)(H,35,36)/t22-,26+. The van der Waals surface area contributed by atoms with Gasteiger partial charge in [0.25, 0.3) is 11.8 Å². The van der Waals surface area contributed by atoms with E-state index in [0.29, 0.717) is 48.3 Å². The zero-order valence-electron chi connectivity index (χ0n) is 21.3. The Labute approximate surface area is 222 Å². The van der Waals surface area contributed by atoms with E-state index in [-0.39, 0.29) is 36.9 Å².